The lowest BCUT2D eigenvalue weighted by molar-refractivity contribution is -0.112. The molecule has 2 aromatic carbocycles. The van der Waals surface area contributed by atoms with E-state index in [-0.39, 0.29) is 5.57 Å². The minimum Gasteiger partial charge on any atom is -0.494 e. The van der Waals surface area contributed by atoms with Crippen molar-refractivity contribution < 1.29 is 9.53 Å². The van der Waals surface area contributed by atoms with Crippen LogP contribution in [0.2, 0.25) is 0 Å². The maximum atomic E-state index is 12.5. The van der Waals surface area contributed by atoms with Crippen molar-refractivity contribution in [1.82, 2.24) is 0 Å². The Morgan fingerprint density at radius 1 is 1.07 bits per heavy atom. The summed E-state index contributed by atoms with van der Waals surface area (Å²) in [5.41, 5.74) is 2.59. The van der Waals surface area contributed by atoms with Gasteiger partial charge < -0.3 is 15.0 Å². The Balaban J connectivity index is 2.03. The number of ether oxygens (including phenoxy) is 1. The summed E-state index contributed by atoms with van der Waals surface area (Å²) < 4.78 is 5.63. The summed E-state index contributed by atoms with van der Waals surface area (Å²) in [7, 11) is 0. The second-order valence-corrected chi connectivity index (χ2v) is 6.61. The van der Waals surface area contributed by atoms with Crippen LogP contribution in [0.4, 0.5) is 11.4 Å². The molecule has 0 atom stereocenters. The van der Waals surface area contributed by atoms with Gasteiger partial charge in [0.05, 0.1) is 6.61 Å². The molecule has 152 valence electrons. The number of hydrogen-bond donors (Lipinski definition) is 1. The van der Waals surface area contributed by atoms with Crippen LogP contribution in [0.1, 0.15) is 39.2 Å². The quantitative estimate of drug-likeness (QED) is 0.341. The van der Waals surface area contributed by atoms with Crippen molar-refractivity contribution in [2.75, 3.05) is 29.9 Å². The molecule has 0 fully saturated rings. The molecule has 1 N–H and O–H groups in total. The van der Waals surface area contributed by atoms with E-state index in [0.29, 0.717) is 12.3 Å². The predicted molar refractivity (Wildman–Crippen MR) is 119 cm³/mol. The number of carbonyl (C=O) groups is 1. The van der Waals surface area contributed by atoms with Crippen molar-refractivity contribution in [2.24, 2.45) is 0 Å². The van der Waals surface area contributed by atoms with Gasteiger partial charge in [-0.25, -0.2) is 0 Å². The van der Waals surface area contributed by atoms with Crippen LogP contribution in [0, 0.1) is 11.3 Å². The molecule has 1 amide bonds. The molecule has 0 radical (unpaired) electrons. The first-order valence-corrected chi connectivity index (χ1v) is 10.1. The average Bonchev–Trinajstić information content (AvgIpc) is 2.75. The molecule has 0 saturated heterocycles. The van der Waals surface area contributed by atoms with Crippen LogP contribution < -0.4 is 15.0 Å². The van der Waals surface area contributed by atoms with E-state index in [4.69, 9.17) is 4.74 Å². The minimum absolute atomic E-state index is 0.0532. The van der Waals surface area contributed by atoms with E-state index in [2.05, 4.69) is 31.0 Å². The molecule has 5 heteroatoms. The Morgan fingerprint density at radius 2 is 1.72 bits per heavy atom. The molecule has 2 aromatic rings. The molecule has 0 aliphatic heterocycles. The van der Waals surface area contributed by atoms with E-state index in [1.807, 2.05) is 54.6 Å². The lowest BCUT2D eigenvalue weighted by Gasteiger charge is -2.21. The van der Waals surface area contributed by atoms with Gasteiger partial charge in [-0.2, -0.15) is 5.26 Å². The fourth-order valence-corrected chi connectivity index (χ4v) is 2.85. The Labute approximate surface area is 173 Å². The number of nitriles is 1. The van der Waals surface area contributed by atoms with Gasteiger partial charge >= 0.3 is 0 Å². The average molecular weight is 392 g/mol. The molecule has 5 nitrogen and oxygen atoms in total. The number of rotatable bonds is 10. The summed E-state index contributed by atoms with van der Waals surface area (Å²) in [6.07, 6.45) is 3.67. The third kappa shape index (κ3) is 6.69. The molecule has 0 aliphatic carbocycles. The monoisotopic (exact) mass is 391 g/mol. The number of benzene rings is 2. The molecule has 0 unspecified atom stereocenters. The highest BCUT2D eigenvalue weighted by Gasteiger charge is 2.10. The second-order valence-electron chi connectivity index (χ2n) is 6.61. The first-order valence-electron chi connectivity index (χ1n) is 10.1. The van der Waals surface area contributed by atoms with Gasteiger partial charge in [-0.1, -0.05) is 25.5 Å². The van der Waals surface area contributed by atoms with Gasteiger partial charge in [-0.05, 0) is 68.3 Å². The van der Waals surface area contributed by atoms with E-state index in [1.165, 1.54) is 0 Å². The Bertz CT molecular complexity index is 845. The summed E-state index contributed by atoms with van der Waals surface area (Å²) in [6.45, 7) is 8.85. The lowest BCUT2D eigenvalue weighted by Crippen LogP contribution is -2.21. The molecule has 0 heterocycles. The highest BCUT2D eigenvalue weighted by molar-refractivity contribution is 6.09. The summed E-state index contributed by atoms with van der Waals surface area (Å²) in [4.78, 5) is 14.7. The van der Waals surface area contributed by atoms with E-state index in [0.717, 1.165) is 42.9 Å². The molecule has 2 rings (SSSR count). The fraction of sp³-hybridized carbons (Fsp3) is 0.333. The molecule has 29 heavy (non-hydrogen) atoms. The van der Waals surface area contributed by atoms with E-state index < -0.39 is 5.91 Å². The van der Waals surface area contributed by atoms with Crippen LogP contribution in [0.3, 0.4) is 0 Å². The van der Waals surface area contributed by atoms with Crippen molar-refractivity contribution in [3.05, 3.63) is 59.7 Å². The topological polar surface area (TPSA) is 65.4 Å². The SMILES string of the molecule is CCCCOc1ccc(/C=C(\C#N)C(=O)Nc2ccc(N(CC)CC)cc2)cc1. The summed E-state index contributed by atoms with van der Waals surface area (Å²) in [5, 5.41) is 12.2. The maximum Gasteiger partial charge on any atom is 0.266 e. The zero-order valence-electron chi connectivity index (χ0n) is 17.4. The zero-order chi connectivity index (χ0) is 21.1. The largest absolute Gasteiger partial charge is 0.494 e. The van der Waals surface area contributed by atoms with Gasteiger partial charge in [-0.15, -0.1) is 0 Å². The Kier molecular flexibility index (Phi) is 8.78. The molecule has 0 spiro atoms. The normalized spacial score (nSPS) is 10.9. The molecule has 0 aromatic heterocycles. The zero-order valence-corrected chi connectivity index (χ0v) is 17.4. The number of hydrogen-bond acceptors (Lipinski definition) is 4. The van der Waals surface area contributed by atoms with Crippen LogP contribution >= 0.6 is 0 Å². The third-order valence-corrected chi connectivity index (χ3v) is 4.58. The van der Waals surface area contributed by atoms with Crippen molar-refractivity contribution in [3.63, 3.8) is 0 Å². The van der Waals surface area contributed by atoms with Gasteiger partial charge in [0.25, 0.3) is 5.91 Å². The molecular weight excluding hydrogens is 362 g/mol. The van der Waals surface area contributed by atoms with Gasteiger partial charge in [0.2, 0.25) is 0 Å². The first kappa shape index (κ1) is 22.0. The minimum atomic E-state index is -0.425. The van der Waals surface area contributed by atoms with Crippen molar-refractivity contribution in [3.8, 4) is 11.8 Å². The maximum absolute atomic E-state index is 12.5. The number of amides is 1. The van der Waals surface area contributed by atoms with Crippen molar-refractivity contribution >= 4 is 23.4 Å². The molecule has 0 bridgehead atoms. The summed E-state index contributed by atoms with van der Waals surface area (Å²) >= 11 is 0. The van der Waals surface area contributed by atoms with Crippen molar-refractivity contribution in [2.45, 2.75) is 33.6 Å². The number of nitrogens with one attached hydrogen (secondary N) is 1. The Morgan fingerprint density at radius 3 is 2.28 bits per heavy atom. The highest BCUT2D eigenvalue weighted by Crippen LogP contribution is 2.19. The smallest absolute Gasteiger partial charge is 0.266 e. The van der Waals surface area contributed by atoms with Crippen LogP contribution in [0.25, 0.3) is 6.08 Å². The number of unbranched alkanes of at least 4 members (excludes halogenated alkanes) is 1. The van der Waals surface area contributed by atoms with E-state index >= 15 is 0 Å². The summed E-state index contributed by atoms with van der Waals surface area (Å²) in [5.74, 6) is 0.359. The van der Waals surface area contributed by atoms with Gasteiger partial charge in [-0.3, -0.25) is 4.79 Å². The molecule has 0 aliphatic rings. The standard InChI is InChI=1S/C24H29N3O2/c1-4-7-16-29-23-14-8-19(9-15-23)17-20(18-25)24(28)26-21-10-12-22(13-11-21)27(5-2)6-3/h8-15,17H,4-7,16H2,1-3H3,(H,26,28)/b20-17+. The Hall–Kier alpha value is -3.26. The lowest BCUT2D eigenvalue weighted by atomic mass is 10.1. The van der Waals surface area contributed by atoms with Gasteiger partial charge in [0.15, 0.2) is 0 Å². The first-order chi connectivity index (χ1) is 14.1. The highest BCUT2D eigenvalue weighted by atomic mass is 16.5. The van der Waals surface area contributed by atoms with Gasteiger partial charge in [0, 0.05) is 24.5 Å². The van der Waals surface area contributed by atoms with E-state index in [1.54, 1.807) is 6.08 Å². The van der Waals surface area contributed by atoms with Crippen LogP contribution in [0.5, 0.6) is 5.75 Å². The molecular formula is C24H29N3O2. The van der Waals surface area contributed by atoms with Crippen molar-refractivity contribution in [1.29, 1.82) is 5.26 Å². The van der Waals surface area contributed by atoms with E-state index in [9.17, 15) is 10.1 Å². The predicted octanol–water partition coefficient (Wildman–Crippen LogP) is 5.26. The number of anilines is 2. The van der Waals surface area contributed by atoms with Crippen LogP contribution in [-0.4, -0.2) is 25.6 Å². The van der Waals surface area contributed by atoms with Gasteiger partial charge in [0.1, 0.15) is 17.4 Å². The second kappa shape index (κ2) is 11.6. The number of nitrogens with zero attached hydrogens (tertiary/aromatic N) is 2. The third-order valence-electron chi connectivity index (χ3n) is 4.58. The summed E-state index contributed by atoms with van der Waals surface area (Å²) in [6, 6.07) is 17.0. The number of carbonyl (C=O) groups excluding carboxylic acids is 1. The molecule has 0 saturated carbocycles. The fourth-order valence-electron chi connectivity index (χ4n) is 2.85. The van der Waals surface area contributed by atoms with Crippen LogP contribution in [0.15, 0.2) is 54.1 Å². The van der Waals surface area contributed by atoms with Crippen LogP contribution in [-0.2, 0) is 4.79 Å².